The van der Waals surface area contributed by atoms with Gasteiger partial charge in [-0.3, -0.25) is 14.5 Å². The molecule has 1 aliphatic heterocycles. The van der Waals surface area contributed by atoms with Crippen LogP contribution in [-0.4, -0.2) is 53.8 Å². The maximum absolute atomic E-state index is 13.5. The van der Waals surface area contributed by atoms with Crippen LogP contribution in [0.4, 0.5) is 5.69 Å². The molecule has 2 aliphatic rings. The van der Waals surface area contributed by atoms with E-state index in [0.29, 0.717) is 24.9 Å². The Morgan fingerprint density at radius 3 is 2.06 bits per heavy atom. The van der Waals surface area contributed by atoms with Crippen molar-refractivity contribution in [2.75, 3.05) is 31.5 Å². The molecule has 5 heteroatoms. The minimum Gasteiger partial charge on any atom is -0.336 e. The Kier molecular flexibility index (Phi) is 7.49. The Morgan fingerprint density at radius 2 is 1.48 bits per heavy atom. The quantitative estimate of drug-likeness (QED) is 0.672. The van der Waals surface area contributed by atoms with Crippen LogP contribution in [0.25, 0.3) is 0 Å². The third kappa shape index (κ3) is 5.64. The molecular formula is C28H37N3O2. The number of nitrogens with zero attached hydrogens (tertiary/aromatic N) is 2. The van der Waals surface area contributed by atoms with Crippen LogP contribution in [0.2, 0.25) is 0 Å². The first-order chi connectivity index (χ1) is 15.9. The van der Waals surface area contributed by atoms with E-state index in [4.69, 9.17) is 0 Å². The average Bonchev–Trinajstić information content (AvgIpc) is 3.34. The molecule has 2 aromatic carbocycles. The summed E-state index contributed by atoms with van der Waals surface area (Å²) in [7, 11) is 0. The average molecular weight is 448 g/mol. The second-order valence-electron chi connectivity index (χ2n) is 9.95. The van der Waals surface area contributed by atoms with E-state index in [-0.39, 0.29) is 17.9 Å². The monoisotopic (exact) mass is 447 g/mol. The molecule has 4 rings (SSSR count). The third-order valence-corrected chi connectivity index (χ3v) is 7.25. The van der Waals surface area contributed by atoms with Gasteiger partial charge in [-0.25, -0.2) is 0 Å². The Bertz CT molecular complexity index is 938. The molecule has 0 bridgehead atoms. The van der Waals surface area contributed by atoms with E-state index in [2.05, 4.69) is 36.2 Å². The molecule has 2 fully saturated rings. The second kappa shape index (κ2) is 10.5. The number of aryl methyl sites for hydroxylation is 1. The Balaban J connectivity index is 1.41. The molecule has 1 unspecified atom stereocenters. The first-order valence-electron chi connectivity index (χ1n) is 12.4. The molecule has 1 saturated heterocycles. The van der Waals surface area contributed by atoms with Gasteiger partial charge in [0.1, 0.15) is 0 Å². The van der Waals surface area contributed by atoms with Crippen LogP contribution >= 0.6 is 0 Å². The standard InChI is InChI=1S/C28H37N3O2/c1-20(2)22-12-14-25(15-13-22)29-27(32)26(23-6-4-5-7-23)30-16-18-31(19-17-30)28(33)24-10-8-21(3)9-11-24/h8-15,20,23,26H,4-7,16-19H2,1-3H3,(H,29,32). The van der Waals surface area contributed by atoms with Gasteiger partial charge in [0.05, 0.1) is 6.04 Å². The topological polar surface area (TPSA) is 52.7 Å². The summed E-state index contributed by atoms with van der Waals surface area (Å²) in [5.74, 6) is 1.04. The van der Waals surface area contributed by atoms with Crippen molar-refractivity contribution in [2.24, 2.45) is 5.92 Å². The SMILES string of the molecule is Cc1ccc(C(=O)N2CCN(C(C(=O)Nc3ccc(C(C)C)cc3)C3CCCC3)CC2)cc1. The summed E-state index contributed by atoms with van der Waals surface area (Å²) in [4.78, 5) is 30.6. The molecule has 1 saturated carbocycles. The number of amides is 2. The lowest BCUT2D eigenvalue weighted by molar-refractivity contribution is -0.123. The van der Waals surface area contributed by atoms with Gasteiger partial charge >= 0.3 is 0 Å². The molecule has 5 nitrogen and oxygen atoms in total. The largest absolute Gasteiger partial charge is 0.336 e. The van der Waals surface area contributed by atoms with Crippen molar-refractivity contribution in [2.45, 2.75) is 58.4 Å². The van der Waals surface area contributed by atoms with Gasteiger partial charge < -0.3 is 10.2 Å². The number of nitrogens with one attached hydrogen (secondary N) is 1. The zero-order valence-electron chi connectivity index (χ0n) is 20.2. The Labute approximate surface area is 198 Å². The highest BCUT2D eigenvalue weighted by Crippen LogP contribution is 2.32. The van der Waals surface area contributed by atoms with Crippen molar-refractivity contribution in [1.29, 1.82) is 0 Å². The number of rotatable bonds is 6. The smallest absolute Gasteiger partial charge is 0.253 e. The summed E-state index contributed by atoms with van der Waals surface area (Å²) in [6, 6.07) is 15.9. The maximum Gasteiger partial charge on any atom is 0.253 e. The number of anilines is 1. The highest BCUT2D eigenvalue weighted by atomic mass is 16.2. The van der Waals surface area contributed by atoms with Crippen molar-refractivity contribution >= 4 is 17.5 Å². The summed E-state index contributed by atoms with van der Waals surface area (Å²) >= 11 is 0. The predicted octanol–water partition coefficient (Wildman–Crippen LogP) is 5.07. The van der Waals surface area contributed by atoms with Crippen molar-refractivity contribution in [3.8, 4) is 0 Å². The number of carbonyl (C=O) groups excluding carboxylic acids is 2. The molecule has 2 amide bonds. The molecule has 176 valence electrons. The molecule has 2 aromatic rings. The van der Waals surface area contributed by atoms with Crippen LogP contribution in [0.1, 0.15) is 66.9 Å². The summed E-state index contributed by atoms with van der Waals surface area (Å²) in [5.41, 5.74) is 4.03. The van der Waals surface area contributed by atoms with Gasteiger partial charge in [-0.05, 0) is 61.4 Å². The minimum absolute atomic E-state index is 0.0850. The van der Waals surface area contributed by atoms with Gasteiger partial charge in [-0.1, -0.05) is 56.5 Å². The molecule has 1 heterocycles. The number of benzene rings is 2. The van der Waals surface area contributed by atoms with Crippen LogP contribution in [0, 0.1) is 12.8 Å². The normalized spacial score (nSPS) is 18.5. The van der Waals surface area contributed by atoms with E-state index in [1.807, 2.05) is 48.2 Å². The Morgan fingerprint density at radius 1 is 0.879 bits per heavy atom. The van der Waals surface area contributed by atoms with Crippen molar-refractivity contribution in [1.82, 2.24) is 9.80 Å². The van der Waals surface area contributed by atoms with Crippen LogP contribution < -0.4 is 5.32 Å². The molecule has 33 heavy (non-hydrogen) atoms. The van der Waals surface area contributed by atoms with Gasteiger partial charge in [0.15, 0.2) is 0 Å². The fourth-order valence-corrected chi connectivity index (χ4v) is 5.20. The van der Waals surface area contributed by atoms with Gasteiger partial charge in [0.25, 0.3) is 5.91 Å². The first-order valence-corrected chi connectivity index (χ1v) is 12.4. The van der Waals surface area contributed by atoms with Crippen LogP contribution in [0.5, 0.6) is 0 Å². The van der Waals surface area contributed by atoms with Gasteiger partial charge in [0.2, 0.25) is 5.91 Å². The van der Waals surface area contributed by atoms with Gasteiger partial charge in [-0.2, -0.15) is 0 Å². The fraction of sp³-hybridized carbons (Fsp3) is 0.500. The summed E-state index contributed by atoms with van der Waals surface area (Å²) in [5, 5.41) is 3.19. The van der Waals surface area contributed by atoms with Crippen molar-refractivity contribution in [3.05, 3.63) is 65.2 Å². The number of hydrogen-bond donors (Lipinski definition) is 1. The van der Waals surface area contributed by atoms with E-state index in [1.165, 1.54) is 18.4 Å². The molecule has 0 spiro atoms. The molecule has 1 atom stereocenters. The maximum atomic E-state index is 13.5. The molecule has 0 aromatic heterocycles. The van der Waals surface area contributed by atoms with Crippen molar-refractivity contribution < 1.29 is 9.59 Å². The number of carbonyl (C=O) groups is 2. The van der Waals surface area contributed by atoms with E-state index in [1.54, 1.807) is 0 Å². The summed E-state index contributed by atoms with van der Waals surface area (Å²) in [6.45, 7) is 9.16. The van der Waals surface area contributed by atoms with Gasteiger partial charge in [-0.15, -0.1) is 0 Å². The summed E-state index contributed by atoms with van der Waals surface area (Å²) in [6.07, 6.45) is 4.60. The van der Waals surface area contributed by atoms with E-state index >= 15 is 0 Å². The lowest BCUT2D eigenvalue weighted by atomic mass is 9.94. The zero-order chi connectivity index (χ0) is 23.4. The lowest BCUT2D eigenvalue weighted by Crippen LogP contribution is -2.56. The molecule has 1 aliphatic carbocycles. The highest BCUT2D eigenvalue weighted by molar-refractivity contribution is 5.95. The molecule has 1 N–H and O–H groups in total. The fourth-order valence-electron chi connectivity index (χ4n) is 5.20. The molecular weight excluding hydrogens is 410 g/mol. The lowest BCUT2D eigenvalue weighted by Gasteiger charge is -2.40. The van der Waals surface area contributed by atoms with Crippen LogP contribution in [0.3, 0.4) is 0 Å². The zero-order valence-corrected chi connectivity index (χ0v) is 20.2. The van der Waals surface area contributed by atoms with Gasteiger partial charge in [0, 0.05) is 37.4 Å². The van der Waals surface area contributed by atoms with E-state index in [0.717, 1.165) is 42.7 Å². The predicted molar refractivity (Wildman–Crippen MR) is 134 cm³/mol. The van der Waals surface area contributed by atoms with E-state index < -0.39 is 0 Å². The highest BCUT2D eigenvalue weighted by Gasteiger charge is 2.37. The number of piperazine rings is 1. The number of hydrogen-bond acceptors (Lipinski definition) is 3. The van der Waals surface area contributed by atoms with Crippen LogP contribution in [-0.2, 0) is 4.79 Å². The summed E-state index contributed by atoms with van der Waals surface area (Å²) < 4.78 is 0. The van der Waals surface area contributed by atoms with Crippen LogP contribution in [0.15, 0.2) is 48.5 Å². The van der Waals surface area contributed by atoms with Crippen molar-refractivity contribution in [3.63, 3.8) is 0 Å². The Hall–Kier alpha value is -2.66. The van der Waals surface area contributed by atoms with E-state index in [9.17, 15) is 9.59 Å². The second-order valence-corrected chi connectivity index (χ2v) is 9.95. The minimum atomic E-state index is -0.131. The first kappa shape index (κ1) is 23.5. The third-order valence-electron chi connectivity index (χ3n) is 7.25. The molecule has 0 radical (unpaired) electrons.